The van der Waals surface area contributed by atoms with E-state index in [1.807, 2.05) is 37.3 Å². The lowest BCUT2D eigenvalue weighted by Crippen LogP contribution is -2.36. The van der Waals surface area contributed by atoms with Crippen LogP contribution in [-0.2, 0) is 4.79 Å². The third-order valence-corrected chi connectivity index (χ3v) is 4.32. The van der Waals surface area contributed by atoms with Crippen LogP contribution in [0.5, 0.6) is 5.75 Å². The molecule has 0 bridgehead atoms. The van der Waals surface area contributed by atoms with Crippen molar-refractivity contribution in [2.45, 2.75) is 32.3 Å². The van der Waals surface area contributed by atoms with E-state index in [0.717, 1.165) is 49.2 Å². The molecule has 1 fully saturated rings. The Hall–Kier alpha value is -2.54. The molecule has 2 aliphatic rings. The van der Waals surface area contributed by atoms with E-state index in [-0.39, 0.29) is 17.6 Å². The van der Waals surface area contributed by atoms with Gasteiger partial charge in [0.1, 0.15) is 23.5 Å². The zero-order valence-electron chi connectivity index (χ0n) is 13.3. The molecular weight excluding hydrogens is 288 g/mol. The minimum atomic E-state index is -0.178. The number of nitrogens with zero attached hydrogens (tertiary/aromatic N) is 2. The monoisotopic (exact) mass is 308 g/mol. The molecule has 0 aromatic heterocycles. The Morgan fingerprint density at radius 2 is 2.04 bits per heavy atom. The summed E-state index contributed by atoms with van der Waals surface area (Å²) in [5.41, 5.74) is 2.01. The van der Waals surface area contributed by atoms with E-state index < -0.39 is 0 Å². The summed E-state index contributed by atoms with van der Waals surface area (Å²) in [6, 6.07) is 9.83. The van der Waals surface area contributed by atoms with E-state index in [0.29, 0.717) is 0 Å². The summed E-state index contributed by atoms with van der Waals surface area (Å²) in [5.74, 6) is 0.664. The predicted molar refractivity (Wildman–Crippen MR) is 88.6 cm³/mol. The Balaban J connectivity index is 1.87. The number of piperidine rings is 1. The molecule has 0 spiro atoms. The minimum absolute atomic E-state index is 0.167. The molecule has 1 aromatic rings. The van der Waals surface area contributed by atoms with Gasteiger partial charge in [0, 0.05) is 18.7 Å². The van der Waals surface area contributed by atoms with E-state index in [4.69, 9.17) is 4.74 Å². The van der Waals surface area contributed by atoms with Gasteiger partial charge in [-0.1, -0.05) is 18.2 Å². The fourth-order valence-corrected chi connectivity index (χ4v) is 3.00. The number of fused-ring (bicyclic) bond motifs is 1. The molecule has 4 nitrogen and oxygen atoms in total. The molecule has 3 rings (SSSR count). The highest BCUT2D eigenvalue weighted by molar-refractivity contribution is 5.98. The number of nitriles is 1. The number of para-hydroxylation sites is 1. The standard InChI is InChI=1S/C19H20N2O2/c1-14-16(11-15-7-3-4-8-18(15)23-14)12-17(13-20)19(22)21-9-5-2-6-10-21/h3-4,7-8,11-12,14H,2,5-6,9-10H2,1H3/b17-12+/t14-/m1/s1. The molecule has 0 N–H and O–H groups in total. The molecule has 1 saturated heterocycles. The van der Waals surface area contributed by atoms with Crippen LogP contribution in [-0.4, -0.2) is 30.0 Å². The van der Waals surface area contributed by atoms with Crippen molar-refractivity contribution in [1.82, 2.24) is 4.90 Å². The maximum Gasteiger partial charge on any atom is 0.264 e. The predicted octanol–water partition coefficient (Wildman–Crippen LogP) is 3.31. The van der Waals surface area contributed by atoms with Crippen LogP contribution in [0.1, 0.15) is 31.7 Å². The Kier molecular flexibility index (Phi) is 4.47. The summed E-state index contributed by atoms with van der Waals surface area (Å²) in [6.45, 7) is 3.41. The third kappa shape index (κ3) is 3.29. The second-order valence-electron chi connectivity index (χ2n) is 5.96. The maximum atomic E-state index is 12.5. The van der Waals surface area contributed by atoms with Gasteiger partial charge < -0.3 is 9.64 Å². The minimum Gasteiger partial charge on any atom is -0.485 e. The van der Waals surface area contributed by atoms with Crippen LogP contribution in [0, 0.1) is 11.3 Å². The number of amides is 1. The number of rotatable bonds is 2. The highest BCUT2D eigenvalue weighted by Gasteiger charge is 2.23. The first-order valence-electron chi connectivity index (χ1n) is 8.07. The average Bonchev–Trinajstić information content (AvgIpc) is 2.60. The molecule has 0 saturated carbocycles. The molecule has 0 unspecified atom stereocenters. The van der Waals surface area contributed by atoms with Gasteiger partial charge in [-0.2, -0.15) is 5.26 Å². The first-order chi connectivity index (χ1) is 11.2. The number of benzene rings is 1. The van der Waals surface area contributed by atoms with Crippen molar-refractivity contribution in [3.63, 3.8) is 0 Å². The van der Waals surface area contributed by atoms with Gasteiger partial charge in [0.15, 0.2) is 0 Å². The lowest BCUT2D eigenvalue weighted by atomic mass is 10.00. The number of carbonyl (C=O) groups excluding carboxylic acids is 1. The lowest BCUT2D eigenvalue weighted by molar-refractivity contribution is -0.127. The van der Waals surface area contributed by atoms with Crippen molar-refractivity contribution in [2.24, 2.45) is 0 Å². The Morgan fingerprint density at radius 1 is 1.30 bits per heavy atom. The summed E-state index contributed by atoms with van der Waals surface area (Å²) in [5, 5.41) is 9.41. The molecule has 1 aromatic carbocycles. The van der Waals surface area contributed by atoms with Crippen LogP contribution < -0.4 is 4.74 Å². The molecule has 0 aliphatic carbocycles. The first-order valence-corrected chi connectivity index (χ1v) is 8.07. The summed E-state index contributed by atoms with van der Waals surface area (Å²) in [6.07, 6.45) is 6.67. The van der Waals surface area contributed by atoms with E-state index in [1.54, 1.807) is 11.0 Å². The molecule has 118 valence electrons. The van der Waals surface area contributed by atoms with Crippen molar-refractivity contribution in [3.05, 3.63) is 47.1 Å². The molecule has 4 heteroatoms. The SMILES string of the molecule is C[C@H]1Oc2ccccc2C=C1/C=C(\C#N)C(=O)N1CCCCC1. The molecule has 23 heavy (non-hydrogen) atoms. The largest absolute Gasteiger partial charge is 0.485 e. The summed E-state index contributed by atoms with van der Waals surface area (Å²) >= 11 is 0. The number of carbonyl (C=O) groups is 1. The van der Waals surface area contributed by atoms with Crippen LogP contribution >= 0.6 is 0 Å². The first kappa shape index (κ1) is 15.4. The van der Waals surface area contributed by atoms with Gasteiger partial charge in [-0.3, -0.25) is 4.79 Å². The van der Waals surface area contributed by atoms with Crippen LogP contribution in [0.3, 0.4) is 0 Å². The van der Waals surface area contributed by atoms with Crippen molar-refractivity contribution >= 4 is 12.0 Å². The second-order valence-corrected chi connectivity index (χ2v) is 5.96. The smallest absolute Gasteiger partial charge is 0.264 e. The molecule has 1 amide bonds. The van der Waals surface area contributed by atoms with Gasteiger partial charge in [0.25, 0.3) is 5.91 Å². The van der Waals surface area contributed by atoms with Crippen molar-refractivity contribution < 1.29 is 9.53 Å². The normalized spacial score (nSPS) is 20.9. The van der Waals surface area contributed by atoms with Gasteiger partial charge in [0.05, 0.1) is 0 Å². The molecular formula is C19H20N2O2. The number of likely N-dealkylation sites (tertiary alicyclic amines) is 1. The number of hydrogen-bond acceptors (Lipinski definition) is 3. The summed E-state index contributed by atoms with van der Waals surface area (Å²) in [7, 11) is 0. The highest BCUT2D eigenvalue weighted by Crippen LogP contribution is 2.30. The van der Waals surface area contributed by atoms with Crippen LogP contribution in [0.4, 0.5) is 0 Å². The van der Waals surface area contributed by atoms with Gasteiger partial charge >= 0.3 is 0 Å². The number of hydrogen-bond donors (Lipinski definition) is 0. The summed E-state index contributed by atoms with van der Waals surface area (Å²) < 4.78 is 5.87. The molecule has 0 radical (unpaired) electrons. The Labute approximate surface area is 136 Å². The fourth-order valence-electron chi connectivity index (χ4n) is 3.00. The van der Waals surface area contributed by atoms with E-state index in [2.05, 4.69) is 6.07 Å². The van der Waals surface area contributed by atoms with E-state index in [1.165, 1.54) is 0 Å². The Morgan fingerprint density at radius 3 is 2.78 bits per heavy atom. The van der Waals surface area contributed by atoms with Crippen molar-refractivity contribution in [3.8, 4) is 11.8 Å². The fraction of sp³-hybridized carbons (Fsp3) is 0.368. The van der Waals surface area contributed by atoms with Crippen LogP contribution in [0.15, 0.2) is 41.5 Å². The Bertz CT molecular complexity index is 706. The zero-order valence-corrected chi connectivity index (χ0v) is 13.3. The van der Waals surface area contributed by atoms with E-state index >= 15 is 0 Å². The van der Waals surface area contributed by atoms with Crippen molar-refractivity contribution in [2.75, 3.05) is 13.1 Å². The average molecular weight is 308 g/mol. The number of ether oxygens (including phenoxy) is 1. The highest BCUT2D eigenvalue weighted by atomic mass is 16.5. The quantitative estimate of drug-likeness (QED) is 0.622. The van der Waals surface area contributed by atoms with Gasteiger partial charge in [-0.25, -0.2) is 0 Å². The van der Waals surface area contributed by atoms with Crippen LogP contribution in [0.2, 0.25) is 0 Å². The third-order valence-electron chi connectivity index (χ3n) is 4.32. The van der Waals surface area contributed by atoms with Gasteiger partial charge in [-0.15, -0.1) is 0 Å². The molecule has 1 atom stereocenters. The summed E-state index contributed by atoms with van der Waals surface area (Å²) in [4.78, 5) is 14.3. The van der Waals surface area contributed by atoms with E-state index in [9.17, 15) is 10.1 Å². The maximum absolute atomic E-state index is 12.5. The van der Waals surface area contributed by atoms with Gasteiger partial charge in [0.2, 0.25) is 0 Å². The van der Waals surface area contributed by atoms with Gasteiger partial charge in [-0.05, 0) is 50.0 Å². The molecule has 2 aliphatic heterocycles. The van der Waals surface area contributed by atoms with Crippen LogP contribution in [0.25, 0.3) is 6.08 Å². The lowest BCUT2D eigenvalue weighted by Gasteiger charge is -2.27. The zero-order chi connectivity index (χ0) is 16.2. The van der Waals surface area contributed by atoms with Crippen molar-refractivity contribution in [1.29, 1.82) is 5.26 Å². The molecule has 2 heterocycles. The topological polar surface area (TPSA) is 53.3 Å². The second kappa shape index (κ2) is 6.70.